The molecular formula is C22H21ClO5. The third kappa shape index (κ3) is 2.89. The number of benzene rings is 1. The number of esters is 2. The first-order valence-electron chi connectivity index (χ1n) is 9.37. The van der Waals surface area contributed by atoms with E-state index < -0.39 is 24.1 Å². The second-order valence-electron chi connectivity index (χ2n) is 7.82. The first-order valence-corrected chi connectivity index (χ1v) is 9.75. The summed E-state index contributed by atoms with van der Waals surface area (Å²) in [5.41, 5.74) is 2.71. The van der Waals surface area contributed by atoms with E-state index >= 15 is 0 Å². The third-order valence-electron chi connectivity index (χ3n) is 6.08. The van der Waals surface area contributed by atoms with Crippen LogP contribution in [0.3, 0.4) is 0 Å². The van der Waals surface area contributed by atoms with Crippen LogP contribution in [0.1, 0.15) is 37.6 Å². The molecule has 28 heavy (non-hydrogen) atoms. The normalized spacial score (nSPS) is 31.7. The zero-order chi connectivity index (χ0) is 20.2. The fourth-order valence-corrected chi connectivity index (χ4v) is 4.95. The molecule has 0 saturated carbocycles. The molecule has 0 aromatic heterocycles. The molecule has 6 heteroatoms. The van der Waals surface area contributed by atoms with Crippen LogP contribution in [0.15, 0.2) is 47.1 Å². The van der Waals surface area contributed by atoms with Crippen molar-refractivity contribution in [3.05, 3.63) is 57.6 Å². The Kier molecular flexibility index (Phi) is 4.66. The van der Waals surface area contributed by atoms with Crippen LogP contribution in [-0.2, 0) is 19.1 Å². The number of allylic oxidation sites excluding steroid dienone is 1. The molecule has 146 valence electrons. The number of carbonyl (C=O) groups is 3. The van der Waals surface area contributed by atoms with E-state index in [4.69, 9.17) is 21.1 Å². The van der Waals surface area contributed by atoms with Gasteiger partial charge in [-0.25, -0.2) is 4.79 Å². The van der Waals surface area contributed by atoms with E-state index in [-0.39, 0.29) is 29.2 Å². The van der Waals surface area contributed by atoms with Crippen molar-refractivity contribution in [3.63, 3.8) is 0 Å². The molecule has 5 atom stereocenters. The maximum Gasteiger partial charge on any atom is 0.339 e. The lowest BCUT2D eigenvalue weighted by molar-refractivity contribution is -0.144. The zero-order valence-electron chi connectivity index (χ0n) is 15.9. The van der Waals surface area contributed by atoms with Crippen molar-refractivity contribution in [3.8, 4) is 0 Å². The largest absolute Gasteiger partial charge is 0.461 e. The lowest BCUT2D eigenvalue weighted by Gasteiger charge is -2.29. The van der Waals surface area contributed by atoms with Crippen LogP contribution in [0.25, 0.3) is 0 Å². The molecule has 3 aliphatic rings. The summed E-state index contributed by atoms with van der Waals surface area (Å²) in [6.45, 7) is 5.56. The minimum absolute atomic E-state index is 0.0487. The number of hydrogen-bond donors (Lipinski definition) is 0. The topological polar surface area (TPSA) is 69.7 Å². The van der Waals surface area contributed by atoms with Gasteiger partial charge in [-0.2, -0.15) is 0 Å². The monoisotopic (exact) mass is 400 g/mol. The Morgan fingerprint density at radius 1 is 1.21 bits per heavy atom. The molecule has 0 bridgehead atoms. The van der Waals surface area contributed by atoms with Crippen molar-refractivity contribution in [2.45, 2.75) is 39.4 Å². The smallest absolute Gasteiger partial charge is 0.339 e. The van der Waals surface area contributed by atoms with Gasteiger partial charge in [0.2, 0.25) is 0 Å². The van der Waals surface area contributed by atoms with E-state index in [2.05, 4.69) is 0 Å². The molecule has 0 amide bonds. The van der Waals surface area contributed by atoms with Gasteiger partial charge in [0.1, 0.15) is 12.2 Å². The van der Waals surface area contributed by atoms with Crippen LogP contribution in [0.2, 0.25) is 5.02 Å². The van der Waals surface area contributed by atoms with E-state index in [1.807, 2.05) is 13.8 Å². The number of halogens is 1. The molecule has 1 aromatic carbocycles. The number of fused-ring (bicyclic) bond motifs is 3. The summed E-state index contributed by atoms with van der Waals surface area (Å²) >= 11 is 6.14. The van der Waals surface area contributed by atoms with Crippen molar-refractivity contribution in [2.24, 2.45) is 17.8 Å². The average Bonchev–Trinajstić information content (AvgIpc) is 3.05. The molecule has 0 spiro atoms. The summed E-state index contributed by atoms with van der Waals surface area (Å²) in [4.78, 5) is 37.7. The highest BCUT2D eigenvalue weighted by molar-refractivity contribution is 6.33. The third-order valence-corrected chi connectivity index (χ3v) is 6.41. The van der Waals surface area contributed by atoms with E-state index in [1.54, 1.807) is 37.3 Å². The molecule has 0 unspecified atom stereocenters. The van der Waals surface area contributed by atoms with Crippen molar-refractivity contribution in [1.82, 2.24) is 0 Å². The highest BCUT2D eigenvalue weighted by Crippen LogP contribution is 2.48. The number of rotatable bonds is 2. The lowest BCUT2D eigenvalue weighted by Crippen LogP contribution is -2.38. The fraction of sp³-hybridized carbons (Fsp3) is 0.409. The summed E-state index contributed by atoms with van der Waals surface area (Å²) in [5, 5.41) is 0.311. The minimum atomic E-state index is -0.575. The first-order chi connectivity index (χ1) is 13.3. The van der Waals surface area contributed by atoms with Gasteiger partial charge in [0, 0.05) is 23.8 Å². The minimum Gasteiger partial charge on any atom is -0.461 e. The summed E-state index contributed by atoms with van der Waals surface area (Å²) in [7, 11) is 0. The standard InChI is InChI=1S/C22H21ClO5/c1-10-8-15(24)17-11(2)9-16(19-12(3)21(25)28-20(19)18(10)17)27-22(26)13-6-4-5-7-14(13)23/h4-8,12,16,18-20H,9H2,1-3H3/t12-,16+,18+,19+,20-/m1/s1. The highest BCUT2D eigenvalue weighted by atomic mass is 35.5. The summed E-state index contributed by atoms with van der Waals surface area (Å²) in [6, 6.07) is 6.69. The number of carbonyl (C=O) groups excluding carboxylic acids is 3. The predicted molar refractivity (Wildman–Crippen MR) is 103 cm³/mol. The van der Waals surface area contributed by atoms with Gasteiger partial charge < -0.3 is 9.47 Å². The fourth-order valence-electron chi connectivity index (χ4n) is 4.74. The maximum absolute atomic E-state index is 12.8. The van der Waals surface area contributed by atoms with E-state index in [1.165, 1.54) is 0 Å². The van der Waals surface area contributed by atoms with Gasteiger partial charge in [0.25, 0.3) is 0 Å². The quantitative estimate of drug-likeness (QED) is 0.704. The second-order valence-corrected chi connectivity index (χ2v) is 8.23. The van der Waals surface area contributed by atoms with Gasteiger partial charge >= 0.3 is 11.9 Å². The summed E-state index contributed by atoms with van der Waals surface area (Å²) in [5.74, 6) is -1.93. The Morgan fingerprint density at radius 2 is 1.93 bits per heavy atom. The SMILES string of the molecule is CC1=CC(=O)C2=C(C)C[C@H](OC(=O)c3ccccc3Cl)[C@H]3[C@H](OC(=O)[C@@H]3C)[C@@H]12. The van der Waals surface area contributed by atoms with Gasteiger partial charge in [-0.15, -0.1) is 0 Å². The molecule has 1 aliphatic heterocycles. The summed E-state index contributed by atoms with van der Waals surface area (Å²) in [6.07, 6.45) is 0.917. The highest BCUT2D eigenvalue weighted by Gasteiger charge is 2.55. The lowest BCUT2D eigenvalue weighted by atomic mass is 9.79. The van der Waals surface area contributed by atoms with Crippen LogP contribution < -0.4 is 0 Å². The maximum atomic E-state index is 12.8. The molecule has 1 heterocycles. The van der Waals surface area contributed by atoms with Crippen LogP contribution in [-0.4, -0.2) is 29.9 Å². The number of ketones is 1. The average molecular weight is 401 g/mol. The Morgan fingerprint density at radius 3 is 2.64 bits per heavy atom. The number of hydrogen-bond acceptors (Lipinski definition) is 5. The van der Waals surface area contributed by atoms with Crippen molar-refractivity contribution in [2.75, 3.05) is 0 Å². The summed E-state index contributed by atoms with van der Waals surface area (Å²) < 4.78 is 11.6. The molecule has 4 rings (SSSR count). The molecule has 2 aliphatic carbocycles. The zero-order valence-corrected chi connectivity index (χ0v) is 16.7. The molecule has 1 aromatic rings. The first kappa shape index (κ1) is 18.9. The van der Waals surface area contributed by atoms with Crippen LogP contribution in [0.5, 0.6) is 0 Å². The van der Waals surface area contributed by atoms with Gasteiger partial charge in [-0.05, 0) is 32.1 Å². The van der Waals surface area contributed by atoms with Gasteiger partial charge in [-0.3, -0.25) is 9.59 Å². The molecule has 0 N–H and O–H groups in total. The van der Waals surface area contributed by atoms with Gasteiger partial charge in [0.05, 0.1) is 16.5 Å². The number of ether oxygens (including phenoxy) is 2. The molecule has 1 saturated heterocycles. The molecule has 5 nitrogen and oxygen atoms in total. The predicted octanol–water partition coefficient (Wildman–Crippen LogP) is 3.91. The van der Waals surface area contributed by atoms with Gasteiger partial charge in [-0.1, -0.05) is 41.8 Å². The van der Waals surface area contributed by atoms with Crippen LogP contribution in [0, 0.1) is 17.8 Å². The van der Waals surface area contributed by atoms with Gasteiger partial charge in [0.15, 0.2) is 5.78 Å². The van der Waals surface area contributed by atoms with E-state index in [0.29, 0.717) is 17.0 Å². The van der Waals surface area contributed by atoms with Crippen molar-refractivity contribution >= 4 is 29.3 Å². The van der Waals surface area contributed by atoms with Crippen LogP contribution in [0.4, 0.5) is 0 Å². The Bertz CT molecular complexity index is 944. The van der Waals surface area contributed by atoms with E-state index in [9.17, 15) is 14.4 Å². The van der Waals surface area contributed by atoms with Crippen molar-refractivity contribution < 1.29 is 23.9 Å². The Hall–Kier alpha value is -2.40. The van der Waals surface area contributed by atoms with E-state index in [0.717, 1.165) is 11.1 Å². The van der Waals surface area contributed by atoms with Crippen LogP contribution >= 0.6 is 11.6 Å². The molecular weight excluding hydrogens is 380 g/mol. The Balaban J connectivity index is 1.72. The van der Waals surface area contributed by atoms with Crippen molar-refractivity contribution in [1.29, 1.82) is 0 Å². The molecule has 0 radical (unpaired) electrons. The Labute approximate surface area is 168 Å². The second kappa shape index (κ2) is 6.89. The molecule has 1 fully saturated rings.